The van der Waals surface area contributed by atoms with Crippen molar-refractivity contribution in [3.8, 4) is 11.7 Å². The fourth-order valence-electron chi connectivity index (χ4n) is 7.09. The van der Waals surface area contributed by atoms with Crippen molar-refractivity contribution in [2.75, 3.05) is 65.9 Å². The number of hydrogen-bond donors (Lipinski definition) is 4. The molecule has 6 aromatic rings. The molecule has 7 rings (SSSR count). The number of nitrogens with one attached hydrogen (secondary N) is 3. The molecule has 0 radical (unpaired) electrons. The van der Waals surface area contributed by atoms with E-state index in [-0.39, 0.29) is 17.6 Å². The molecule has 15 nitrogen and oxygen atoms in total. The van der Waals surface area contributed by atoms with Crippen LogP contribution in [0.4, 0.5) is 4.79 Å². The number of imidazole rings is 2. The highest BCUT2D eigenvalue weighted by molar-refractivity contribution is 6.31. The van der Waals surface area contributed by atoms with Gasteiger partial charge in [0.1, 0.15) is 23.8 Å². The number of aromatic amines is 3. The lowest BCUT2D eigenvalue weighted by Gasteiger charge is -2.33. The summed E-state index contributed by atoms with van der Waals surface area (Å²) in [6.45, 7) is 18.6. The van der Waals surface area contributed by atoms with Crippen LogP contribution in [-0.2, 0) is 31.8 Å². The highest BCUT2D eigenvalue weighted by Crippen LogP contribution is 2.30. The molecule has 0 unspecified atom stereocenters. The van der Waals surface area contributed by atoms with Gasteiger partial charge in [0.15, 0.2) is 0 Å². The quantitative estimate of drug-likeness (QED) is 0.0651. The number of ether oxygens (including phenoxy) is 5. The number of rotatable bonds is 17. The zero-order valence-electron chi connectivity index (χ0n) is 37.9. The molecule has 16 heteroatoms. The van der Waals surface area contributed by atoms with Gasteiger partial charge in [-0.15, -0.1) is 0 Å². The normalized spacial score (nSPS) is 13.1. The van der Waals surface area contributed by atoms with Gasteiger partial charge in [-0.3, -0.25) is 9.89 Å². The van der Waals surface area contributed by atoms with E-state index < -0.39 is 5.60 Å². The summed E-state index contributed by atoms with van der Waals surface area (Å²) < 4.78 is 29.3. The highest BCUT2D eigenvalue weighted by atomic mass is 35.5. The molecule has 3 aromatic heterocycles. The van der Waals surface area contributed by atoms with Crippen molar-refractivity contribution in [3.05, 3.63) is 104 Å². The maximum atomic E-state index is 14.0. The largest absolute Gasteiger partial charge is 0.491 e. The SMILES string of the molecule is CC.Cc1ccc2nc(-n3[nH]c(C4CCN(C(=O)OC(C)(C)C)CC4)c(CCc4ccc(OCCOCCOCCOCCN)cc4)c3=O)[nH]c2c1.Cc1nc2ccc(Cl)cc2[nH]1. The molecule has 342 valence electrons. The number of aryl methyl sites for hydroxylation is 3. The molecule has 0 aliphatic carbocycles. The summed E-state index contributed by atoms with van der Waals surface area (Å²) in [5.74, 6) is 2.22. The van der Waals surface area contributed by atoms with Gasteiger partial charge in [0.2, 0.25) is 5.95 Å². The molecule has 0 atom stereocenters. The van der Waals surface area contributed by atoms with Crippen molar-refractivity contribution >= 4 is 39.8 Å². The molecule has 63 heavy (non-hydrogen) atoms. The maximum Gasteiger partial charge on any atom is 0.410 e. The number of benzene rings is 3. The van der Waals surface area contributed by atoms with Crippen LogP contribution in [0.5, 0.6) is 5.75 Å². The number of hydrogen-bond acceptors (Lipinski definition) is 10. The highest BCUT2D eigenvalue weighted by Gasteiger charge is 2.31. The average Bonchev–Trinajstić information content (AvgIpc) is 3.96. The number of H-pyrrole nitrogens is 3. The molecule has 0 bridgehead atoms. The molecule has 1 aliphatic heterocycles. The minimum absolute atomic E-state index is 0.0872. The van der Waals surface area contributed by atoms with Gasteiger partial charge in [0, 0.05) is 41.8 Å². The Morgan fingerprint density at radius 1 is 0.810 bits per heavy atom. The summed E-state index contributed by atoms with van der Waals surface area (Å²) in [4.78, 5) is 43.9. The fraction of sp³-hybridized carbons (Fsp3) is 0.489. The molecule has 1 fully saturated rings. The van der Waals surface area contributed by atoms with Crippen molar-refractivity contribution in [3.63, 3.8) is 0 Å². The van der Waals surface area contributed by atoms with Gasteiger partial charge in [-0.1, -0.05) is 43.6 Å². The Labute approximate surface area is 374 Å². The number of nitrogens with two attached hydrogens (primary N) is 1. The molecular weight excluding hydrogens is 824 g/mol. The Kier molecular flexibility index (Phi) is 18.6. The Bertz CT molecular complexity index is 2370. The Hall–Kier alpha value is -5.19. The molecule has 3 aromatic carbocycles. The van der Waals surface area contributed by atoms with Crippen LogP contribution in [0.3, 0.4) is 0 Å². The second kappa shape index (κ2) is 24.0. The Morgan fingerprint density at radius 3 is 2.10 bits per heavy atom. The van der Waals surface area contributed by atoms with Crippen molar-refractivity contribution in [2.45, 2.75) is 85.7 Å². The van der Waals surface area contributed by atoms with E-state index in [9.17, 15) is 9.59 Å². The van der Waals surface area contributed by atoms with Crippen molar-refractivity contribution in [2.24, 2.45) is 5.73 Å². The summed E-state index contributed by atoms with van der Waals surface area (Å²) in [5, 5.41) is 4.16. The van der Waals surface area contributed by atoms with Crippen LogP contribution >= 0.6 is 11.6 Å². The molecular formula is C47H65ClN8O7. The molecule has 1 amide bonds. The lowest BCUT2D eigenvalue weighted by atomic mass is 9.90. The third-order valence-electron chi connectivity index (χ3n) is 10.1. The van der Waals surface area contributed by atoms with Crippen LogP contribution in [0.15, 0.2) is 65.5 Å². The number of carbonyl (C=O) groups is 1. The summed E-state index contributed by atoms with van der Waals surface area (Å²) in [6, 6.07) is 19.5. The van der Waals surface area contributed by atoms with E-state index in [1.54, 1.807) is 4.90 Å². The smallest absolute Gasteiger partial charge is 0.410 e. The minimum atomic E-state index is -0.551. The summed E-state index contributed by atoms with van der Waals surface area (Å²) in [5.41, 5.74) is 12.2. The van der Waals surface area contributed by atoms with Crippen LogP contribution in [0.2, 0.25) is 5.02 Å². The van der Waals surface area contributed by atoms with E-state index >= 15 is 0 Å². The number of carbonyl (C=O) groups excluding carboxylic acids is 1. The van der Waals surface area contributed by atoms with E-state index in [1.807, 2.05) is 109 Å². The van der Waals surface area contributed by atoms with Gasteiger partial charge >= 0.3 is 6.09 Å². The number of amides is 1. The van der Waals surface area contributed by atoms with E-state index in [1.165, 1.54) is 4.68 Å². The summed E-state index contributed by atoms with van der Waals surface area (Å²) in [6.07, 6.45) is 2.37. The number of aromatic nitrogens is 6. The predicted molar refractivity (Wildman–Crippen MR) is 249 cm³/mol. The van der Waals surface area contributed by atoms with Gasteiger partial charge in [-0.05, 0) is 114 Å². The monoisotopic (exact) mass is 888 g/mol. The second-order valence-electron chi connectivity index (χ2n) is 16.1. The first-order chi connectivity index (χ1) is 30.4. The molecule has 0 spiro atoms. The van der Waals surface area contributed by atoms with Gasteiger partial charge < -0.3 is 44.3 Å². The molecule has 1 aliphatic rings. The maximum absolute atomic E-state index is 14.0. The minimum Gasteiger partial charge on any atom is -0.491 e. The van der Waals surface area contributed by atoms with Crippen molar-refractivity contribution in [1.82, 2.24) is 34.6 Å². The van der Waals surface area contributed by atoms with E-state index in [2.05, 4.69) is 20.1 Å². The van der Waals surface area contributed by atoms with Crippen LogP contribution in [-0.4, -0.2) is 112 Å². The number of piperidine rings is 1. The average molecular weight is 890 g/mol. The Balaban J connectivity index is 0.000000491. The summed E-state index contributed by atoms with van der Waals surface area (Å²) in [7, 11) is 0. The van der Waals surface area contributed by atoms with Crippen LogP contribution in [0.1, 0.15) is 81.6 Å². The zero-order valence-corrected chi connectivity index (χ0v) is 38.6. The van der Waals surface area contributed by atoms with Crippen LogP contribution in [0.25, 0.3) is 28.0 Å². The van der Waals surface area contributed by atoms with Gasteiger partial charge in [-0.25, -0.2) is 14.8 Å². The molecule has 0 saturated carbocycles. The van der Waals surface area contributed by atoms with Gasteiger partial charge in [-0.2, -0.15) is 4.68 Å². The summed E-state index contributed by atoms with van der Waals surface area (Å²) >= 11 is 5.78. The fourth-order valence-corrected chi connectivity index (χ4v) is 7.26. The number of likely N-dealkylation sites (tertiary alicyclic amines) is 1. The zero-order chi connectivity index (χ0) is 45.4. The van der Waals surface area contributed by atoms with Gasteiger partial charge in [0.25, 0.3) is 5.56 Å². The standard InChI is InChI=1S/C37H52N6O7.C8H7ClN2.C2H6/c1-26-5-12-31-32(25-26)40-35(39-31)43-34(44)30(33(41-43)28-13-16-42(17-14-28)36(45)50-37(2,3)4)11-8-27-6-9-29(10-7-27)49-24-23-48-22-21-47-20-19-46-18-15-38;1-5-10-7-3-2-6(9)4-8(7)11-5;1-2/h5-7,9-10,12,25,28,41H,8,11,13-24,38H2,1-4H3,(H,39,40);2-4H,1H3,(H,10,11);1-2H3. The first kappa shape index (κ1) is 48.8. The van der Waals surface area contributed by atoms with Crippen LogP contribution < -0.4 is 16.0 Å². The first-order valence-electron chi connectivity index (χ1n) is 21.9. The third-order valence-corrected chi connectivity index (χ3v) is 10.3. The number of nitrogens with zero attached hydrogens (tertiary/aromatic N) is 4. The third kappa shape index (κ3) is 14.7. The topological polar surface area (TPSA) is 188 Å². The molecule has 1 saturated heterocycles. The lowest BCUT2D eigenvalue weighted by molar-refractivity contribution is 0.0106. The second-order valence-corrected chi connectivity index (χ2v) is 16.5. The van der Waals surface area contributed by atoms with Gasteiger partial charge in [0.05, 0.1) is 61.7 Å². The van der Waals surface area contributed by atoms with Crippen molar-refractivity contribution in [1.29, 1.82) is 0 Å². The number of fused-ring (bicyclic) bond motifs is 2. The van der Waals surface area contributed by atoms with Crippen molar-refractivity contribution < 1.29 is 28.5 Å². The van der Waals surface area contributed by atoms with Crippen LogP contribution in [0, 0.1) is 13.8 Å². The first-order valence-corrected chi connectivity index (χ1v) is 22.3. The lowest BCUT2D eigenvalue weighted by Crippen LogP contribution is -2.41. The molecule has 4 heterocycles. The van der Waals surface area contributed by atoms with E-state index in [4.69, 9.17) is 46.0 Å². The predicted octanol–water partition coefficient (Wildman–Crippen LogP) is 8.19. The van der Waals surface area contributed by atoms with E-state index in [0.29, 0.717) is 84.7 Å². The van der Waals surface area contributed by atoms with E-state index in [0.717, 1.165) is 73.9 Å². The Morgan fingerprint density at radius 2 is 1.43 bits per heavy atom. The molecule has 5 N–H and O–H groups in total. The number of halogens is 1.